The molecule has 0 atom stereocenters. The fourth-order valence-corrected chi connectivity index (χ4v) is 1.44. The van der Waals surface area contributed by atoms with Crippen molar-refractivity contribution in [1.29, 1.82) is 0 Å². The van der Waals surface area contributed by atoms with E-state index in [0.717, 1.165) is 11.3 Å². The van der Waals surface area contributed by atoms with Gasteiger partial charge in [-0.3, -0.25) is 0 Å². The molecule has 0 saturated heterocycles. The second kappa shape index (κ2) is 4.66. The van der Waals surface area contributed by atoms with E-state index < -0.39 is 0 Å². The monoisotopic (exact) mass is 217 g/mol. The van der Waals surface area contributed by atoms with Crippen LogP contribution >= 0.6 is 0 Å². The number of halogens is 1. The summed E-state index contributed by atoms with van der Waals surface area (Å²) in [7, 11) is 0. The van der Waals surface area contributed by atoms with Gasteiger partial charge in [0.2, 0.25) is 0 Å². The highest BCUT2D eigenvalue weighted by Gasteiger charge is 1.95. The maximum Gasteiger partial charge on any atom is 0.123 e. The van der Waals surface area contributed by atoms with Crippen LogP contribution in [0.5, 0.6) is 5.75 Å². The molecule has 2 N–H and O–H groups in total. The molecule has 2 aromatic carbocycles. The van der Waals surface area contributed by atoms with E-state index in [4.69, 9.17) is 0 Å². The molecule has 2 aromatic rings. The molecule has 0 aromatic heterocycles. The Labute approximate surface area is 93.4 Å². The van der Waals surface area contributed by atoms with Gasteiger partial charge in [0.05, 0.1) is 0 Å². The summed E-state index contributed by atoms with van der Waals surface area (Å²) in [4.78, 5) is 0. The van der Waals surface area contributed by atoms with Crippen molar-refractivity contribution in [1.82, 2.24) is 0 Å². The van der Waals surface area contributed by atoms with Crippen LogP contribution in [0.3, 0.4) is 0 Å². The average molecular weight is 217 g/mol. The molecule has 0 radical (unpaired) electrons. The summed E-state index contributed by atoms with van der Waals surface area (Å²) in [5.41, 5.74) is 1.83. The topological polar surface area (TPSA) is 32.3 Å². The van der Waals surface area contributed by atoms with Crippen LogP contribution in [0.15, 0.2) is 48.5 Å². The number of phenols is 1. The Kier molecular flexibility index (Phi) is 3.05. The third kappa shape index (κ3) is 2.73. The first kappa shape index (κ1) is 10.5. The summed E-state index contributed by atoms with van der Waals surface area (Å²) >= 11 is 0. The van der Waals surface area contributed by atoms with E-state index in [-0.39, 0.29) is 11.6 Å². The Hall–Kier alpha value is -2.03. The van der Waals surface area contributed by atoms with E-state index in [2.05, 4.69) is 5.32 Å². The van der Waals surface area contributed by atoms with Gasteiger partial charge in [0.25, 0.3) is 0 Å². The van der Waals surface area contributed by atoms with E-state index in [1.807, 2.05) is 6.07 Å². The van der Waals surface area contributed by atoms with Gasteiger partial charge >= 0.3 is 0 Å². The number of hydrogen-bond acceptors (Lipinski definition) is 2. The average Bonchev–Trinajstić information content (AvgIpc) is 2.28. The predicted octanol–water partition coefficient (Wildman–Crippen LogP) is 3.14. The van der Waals surface area contributed by atoms with Gasteiger partial charge in [-0.15, -0.1) is 0 Å². The summed E-state index contributed by atoms with van der Waals surface area (Å²) in [6, 6.07) is 13.2. The first-order valence-electron chi connectivity index (χ1n) is 5.01. The number of nitrogens with one attached hydrogen (secondary N) is 1. The standard InChI is InChI=1S/C13H12FNO/c14-11-4-6-12(7-5-11)15-9-10-2-1-3-13(16)8-10/h1-8,15-16H,9H2. The molecule has 82 valence electrons. The van der Waals surface area contributed by atoms with E-state index in [0.29, 0.717) is 6.54 Å². The molecule has 0 aliphatic rings. The van der Waals surface area contributed by atoms with Gasteiger partial charge < -0.3 is 10.4 Å². The summed E-state index contributed by atoms with van der Waals surface area (Å²) in [6.07, 6.45) is 0. The molecule has 0 heterocycles. The summed E-state index contributed by atoms with van der Waals surface area (Å²) < 4.78 is 12.6. The minimum Gasteiger partial charge on any atom is -0.508 e. The van der Waals surface area contributed by atoms with Gasteiger partial charge in [-0.25, -0.2) is 4.39 Å². The van der Waals surface area contributed by atoms with Crippen molar-refractivity contribution >= 4 is 5.69 Å². The number of benzene rings is 2. The molecule has 0 aliphatic heterocycles. The van der Waals surface area contributed by atoms with Gasteiger partial charge in [-0.2, -0.15) is 0 Å². The van der Waals surface area contributed by atoms with Crippen molar-refractivity contribution < 1.29 is 9.50 Å². The smallest absolute Gasteiger partial charge is 0.123 e. The first-order chi connectivity index (χ1) is 7.74. The highest BCUT2D eigenvalue weighted by atomic mass is 19.1. The second-order valence-electron chi connectivity index (χ2n) is 3.53. The van der Waals surface area contributed by atoms with E-state index in [1.165, 1.54) is 12.1 Å². The highest BCUT2D eigenvalue weighted by molar-refractivity contribution is 5.43. The van der Waals surface area contributed by atoms with Gasteiger partial charge in [0.15, 0.2) is 0 Å². The van der Waals surface area contributed by atoms with Crippen LogP contribution in [-0.4, -0.2) is 5.11 Å². The molecule has 0 fully saturated rings. The molecule has 0 aliphatic carbocycles. The largest absolute Gasteiger partial charge is 0.508 e. The van der Waals surface area contributed by atoms with Crippen molar-refractivity contribution in [3.63, 3.8) is 0 Å². The minimum atomic E-state index is -0.247. The summed E-state index contributed by atoms with van der Waals surface area (Å²) in [6.45, 7) is 0.597. The molecule has 16 heavy (non-hydrogen) atoms. The number of anilines is 1. The Morgan fingerprint density at radius 2 is 1.81 bits per heavy atom. The molecular weight excluding hydrogens is 205 g/mol. The van der Waals surface area contributed by atoms with Crippen LogP contribution in [0.4, 0.5) is 10.1 Å². The minimum absolute atomic E-state index is 0.247. The highest BCUT2D eigenvalue weighted by Crippen LogP contribution is 2.13. The molecule has 0 unspecified atom stereocenters. The van der Waals surface area contributed by atoms with Crippen LogP contribution in [0.2, 0.25) is 0 Å². The second-order valence-corrected chi connectivity index (χ2v) is 3.53. The maximum atomic E-state index is 12.6. The Bertz CT molecular complexity index is 468. The predicted molar refractivity (Wildman–Crippen MR) is 61.8 cm³/mol. The lowest BCUT2D eigenvalue weighted by Crippen LogP contribution is -1.98. The lowest BCUT2D eigenvalue weighted by Gasteiger charge is -2.06. The summed E-state index contributed by atoms with van der Waals surface area (Å²) in [5.74, 6) is 0.00121. The fraction of sp³-hybridized carbons (Fsp3) is 0.0769. The third-order valence-electron chi connectivity index (χ3n) is 2.25. The summed E-state index contributed by atoms with van der Waals surface area (Å²) in [5, 5.41) is 12.4. The quantitative estimate of drug-likeness (QED) is 0.827. The van der Waals surface area contributed by atoms with Crippen molar-refractivity contribution in [2.45, 2.75) is 6.54 Å². The maximum absolute atomic E-state index is 12.6. The molecule has 2 rings (SSSR count). The zero-order valence-corrected chi connectivity index (χ0v) is 8.65. The molecule has 0 bridgehead atoms. The molecule has 0 saturated carbocycles. The van der Waals surface area contributed by atoms with Gasteiger partial charge in [-0.05, 0) is 42.0 Å². The van der Waals surface area contributed by atoms with E-state index >= 15 is 0 Å². The zero-order valence-electron chi connectivity index (χ0n) is 8.65. The first-order valence-corrected chi connectivity index (χ1v) is 5.01. The number of phenolic OH excluding ortho intramolecular Hbond substituents is 1. The van der Waals surface area contributed by atoms with E-state index in [1.54, 1.807) is 30.3 Å². The Morgan fingerprint density at radius 1 is 1.06 bits per heavy atom. The normalized spacial score (nSPS) is 10.1. The molecule has 0 amide bonds. The van der Waals surface area contributed by atoms with Gasteiger partial charge in [0.1, 0.15) is 11.6 Å². The zero-order chi connectivity index (χ0) is 11.4. The van der Waals surface area contributed by atoms with Crippen LogP contribution < -0.4 is 5.32 Å². The van der Waals surface area contributed by atoms with Crippen molar-refractivity contribution in [2.75, 3.05) is 5.32 Å². The SMILES string of the molecule is Oc1cccc(CNc2ccc(F)cc2)c1. The lowest BCUT2D eigenvalue weighted by atomic mass is 10.2. The number of aromatic hydroxyl groups is 1. The molecule has 0 spiro atoms. The molecule has 2 nitrogen and oxygen atoms in total. The van der Waals surface area contributed by atoms with Gasteiger partial charge in [0, 0.05) is 12.2 Å². The number of rotatable bonds is 3. The third-order valence-corrected chi connectivity index (χ3v) is 2.25. The Morgan fingerprint density at radius 3 is 2.50 bits per heavy atom. The van der Waals surface area contributed by atoms with E-state index in [9.17, 15) is 9.50 Å². The Balaban J connectivity index is 1.99. The van der Waals surface area contributed by atoms with Crippen LogP contribution in [-0.2, 0) is 6.54 Å². The van der Waals surface area contributed by atoms with Crippen LogP contribution in [0.1, 0.15) is 5.56 Å². The van der Waals surface area contributed by atoms with Crippen LogP contribution in [0.25, 0.3) is 0 Å². The molecule has 3 heteroatoms. The van der Waals surface area contributed by atoms with Crippen molar-refractivity contribution in [3.05, 3.63) is 59.9 Å². The lowest BCUT2D eigenvalue weighted by molar-refractivity contribution is 0.474. The van der Waals surface area contributed by atoms with Crippen molar-refractivity contribution in [3.8, 4) is 5.75 Å². The van der Waals surface area contributed by atoms with Crippen LogP contribution in [0, 0.1) is 5.82 Å². The fourth-order valence-electron chi connectivity index (χ4n) is 1.44. The van der Waals surface area contributed by atoms with Gasteiger partial charge in [-0.1, -0.05) is 12.1 Å². The van der Waals surface area contributed by atoms with Crippen molar-refractivity contribution in [2.24, 2.45) is 0 Å². The molecular formula is C13H12FNO. The number of hydrogen-bond donors (Lipinski definition) is 2.